The highest BCUT2D eigenvalue weighted by Crippen LogP contribution is 2.33. The molecule has 1 heterocycles. The summed E-state index contributed by atoms with van der Waals surface area (Å²) >= 11 is 0. The van der Waals surface area contributed by atoms with Gasteiger partial charge in [0.2, 0.25) is 0 Å². The molecule has 0 spiro atoms. The molecule has 0 aliphatic carbocycles. The molecule has 22 heavy (non-hydrogen) atoms. The Balaban J connectivity index is 2.00. The van der Waals surface area contributed by atoms with Crippen LogP contribution >= 0.6 is 0 Å². The third-order valence-electron chi connectivity index (χ3n) is 3.80. The zero-order valence-electron chi connectivity index (χ0n) is 13.7. The van der Waals surface area contributed by atoms with Crippen LogP contribution in [0, 0.1) is 27.3 Å². The smallest absolute Gasteiger partial charge is 0.457 e. The number of hydrogen-bond donors (Lipinski definition) is 1. The molecule has 3 rings (SSSR count). The van der Waals surface area contributed by atoms with Crippen LogP contribution in [0.2, 0.25) is 0 Å². The van der Waals surface area contributed by atoms with Gasteiger partial charge in [0.05, 0.1) is 14.5 Å². The number of rotatable bonds is 2. The van der Waals surface area contributed by atoms with Crippen molar-refractivity contribution >= 4 is 18.3 Å². The molecule has 1 aliphatic heterocycles. The second-order valence-electron chi connectivity index (χ2n) is 5.47. The van der Waals surface area contributed by atoms with Crippen molar-refractivity contribution in [1.29, 1.82) is 0 Å². The van der Waals surface area contributed by atoms with Gasteiger partial charge < -0.3 is 14.4 Å². The van der Waals surface area contributed by atoms with Crippen molar-refractivity contribution < 1.29 is 15.8 Å². The minimum Gasteiger partial charge on any atom is -0.457 e. The van der Waals surface area contributed by atoms with E-state index in [0.29, 0.717) is 28.2 Å². The van der Waals surface area contributed by atoms with Crippen LogP contribution in [0.4, 0.5) is 5.69 Å². The highest BCUT2D eigenvalue weighted by Gasteiger charge is 2.28. The first-order chi connectivity index (χ1) is 10.9. The van der Waals surface area contributed by atoms with Crippen LogP contribution in [-0.2, 0) is 11.2 Å². The summed E-state index contributed by atoms with van der Waals surface area (Å²) in [7, 11) is -1.05. The summed E-state index contributed by atoms with van der Waals surface area (Å²) in [4.78, 5) is 3.49. The predicted molar refractivity (Wildman–Crippen MR) is 85.8 cm³/mol. The van der Waals surface area contributed by atoms with Crippen molar-refractivity contribution in [1.82, 2.24) is 0 Å². The van der Waals surface area contributed by atoms with Gasteiger partial charge in [-0.3, -0.25) is 0 Å². The highest BCUT2D eigenvalue weighted by atomic mass is 16.5. The lowest BCUT2D eigenvalue weighted by molar-refractivity contribution is 0.275. The SMILES string of the molecule is [2H]C1OB(O)c2cc(C)c(Oc3cc(C)c([N+]#[C-])cc3C)cc21. The molecule has 1 atom stereocenters. The van der Waals surface area contributed by atoms with Gasteiger partial charge in [-0.25, -0.2) is 4.85 Å². The van der Waals surface area contributed by atoms with Crippen molar-refractivity contribution in [3.8, 4) is 11.5 Å². The Labute approximate surface area is 131 Å². The average molecular weight is 294 g/mol. The minimum absolute atomic E-state index is 0.614. The lowest BCUT2D eigenvalue weighted by Crippen LogP contribution is -2.28. The van der Waals surface area contributed by atoms with E-state index in [0.717, 1.165) is 16.7 Å². The van der Waals surface area contributed by atoms with E-state index in [1.165, 1.54) is 0 Å². The largest absolute Gasteiger partial charge is 0.491 e. The Hall–Kier alpha value is -2.29. The molecule has 0 aromatic heterocycles. The lowest BCUT2D eigenvalue weighted by Gasteiger charge is -2.14. The summed E-state index contributed by atoms with van der Waals surface area (Å²) in [5.41, 5.74) is 4.43. The summed E-state index contributed by atoms with van der Waals surface area (Å²) in [6.07, 6.45) is 0. The van der Waals surface area contributed by atoms with E-state index < -0.39 is 13.7 Å². The van der Waals surface area contributed by atoms with E-state index in [-0.39, 0.29) is 0 Å². The first-order valence-electron chi connectivity index (χ1n) is 7.55. The van der Waals surface area contributed by atoms with Crippen LogP contribution in [-0.4, -0.2) is 12.1 Å². The summed E-state index contributed by atoms with van der Waals surface area (Å²) < 4.78 is 19.0. The molecule has 2 aromatic rings. The maximum absolute atomic E-state index is 9.78. The molecule has 0 fully saturated rings. The maximum Gasteiger partial charge on any atom is 0.491 e. The van der Waals surface area contributed by atoms with E-state index in [4.69, 9.17) is 17.3 Å². The maximum atomic E-state index is 9.78. The van der Waals surface area contributed by atoms with Crippen molar-refractivity contribution in [3.05, 3.63) is 57.9 Å². The fraction of sp³-hybridized carbons (Fsp3) is 0.235. The number of benzene rings is 2. The van der Waals surface area contributed by atoms with Gasteiger partial charge in [-0.1, -0.05) is 6.07 Å². The zero-order valence-corrected chi connectivity index (χ0v) is 12.7. The number of nitrogens with zero attached hydrogens (tertiary/aromatic N) is 1. The molecule has 1 unspecified atom stereocenters. The molecule has 0 radical (unpaired) electrons. The van der Waals surface area contributed by atoms with Crippen molar-refractivity contribution in [2.24, 2.45) is 0 Å². The third kappa shape index (κ3) is 2.48. The Bertz CT molecular complexity index is 832. The lowest BCUT2D eigenvalue weighted by atomic mass is 9.79. The van der Waals surface area contributed by atoms with Gasteiger partial charge in [-0.2, -0.15) is 0 Å². The standard InChI is InChI=1S/C17H16BNO3/c1-10-7-16(12(3)6-15(10)19-4)22-17-8-13-9-21-18(20)14(13)5-11(17)2/h5-8,20H,9H2,1-3H3/i9D. The molecule has 1 N–H and O–H groups in total. The Morgan fingerprint density at radius 3 is 2.59 bits per heavy atom. The molecule has 0 amide bonds. The zero-order chi connectivity index (χ0) is 16.7. The van der Waals surface area contributed by atoms with E-state index in [2.05, 4.69) is 4.85 Å². The monoisotopic (exact) mass is 294 g/mol. The van der Waals surface area contributed by atoms with Crippen molar-refractivity contribution in [2.75, 3.05) is 0 Å². The van der Waals surface area contributed by atoms with E-state index in [1.54, 1.807) is 18.2 Å². The van der Waals surface area contributed by atoms with Crippen LogP contribution in [0.1, 0.15) is 23.6 Å². The summed E-state index contributed by atoms with van der Waals surface area (Å²) in [5, 5.41) is 9.78. The van der Waals surface area contributed by atoms with Gasteiger partial charge in [0, 0.05) is 0 Å². The van der Waals surface area contributed by atoms with Gasteiger partial charge >= 0.3 is 7.12 Å². The average Bonchev–Trinajstić information content (AvgIpc) is 2.77. The van der Waals surface area contributed by atoms with Crippen LogP contribution in [0.15, 0.2) is 24.3 Å². The quantitative estimate of drug-likeness (QED) is 0.683. The molecular weight excluding hydrogens is 277 g/mol. The fourth-order valence-electron chi connectivity index (χ4n) is 2.49. The molecule has 5 heteroatoms. The number of aryl methyl sites for hydroxylation is 3. The van der Waals surface area contributed by atoms with Gasteiger partial charge in [-0.15, -0.1) is 0 Å². The Morgan fingerprint density at radius 1 is 1.18 bits per heavy atom. The molecule has 0 saturated carbocycles. The summed E-state index contributed by atoms with van der Waals surface area (Å²) in [6.45, 7) is 11.9. The van der Waals surface area contributed by atoms with Gasteiger partial charge in [0.1, 0.15) is 11.5 Å². The van der Waals surface area contributed by atoms with Gasteiger partial charge in [-0.05, 0) is 66.7 Å². The highest BCUT2D eigenvalue weighted by molar-refractivity contribution is 6.61. The van der Waals surface area contributed by atoms with E-state index in [9.17, 15) is 5.02 Å². The normalized spacial score (nSPS) is 17.0. The summed E-state index contributed by atoms with van der Waals surface area (Å²) in [5.74, 6) is 1.30. The molecular formula is C17H16BNO3. The predicted octanol–water partition coefficient (Wildman–Crippen LogP) is 3.17. The Kier molecular flexibility index (Phi) is 3.34. The molecule has 0 bridgehead atoms. The number of hydrogen-bond acceptors (Lipinski definition) is 3. The van der Waals surface area contributed by atoms with E-state index >= 15 is 0 Å². The molecule has 0 saturated heterocycles. The van der Waals surface area contributed by atoms with Crippen LogP contribution < -0.4 is 10.2 Å². The molecule has 2 aromatic carbocycles. The Morgan fingerprint density at radius 2 is 1.86 bits per heavy atom. The number of ether oxygens (including phenoxy) is 1. The minimum atomic E-state index is -1.05. The van der Waals surface area contributed by atoms with Crippen molar-refractivity contribution in [3.63, 3.8) is 0 Å². The first kappa shape index (κ1) is 13.4. The summed E-state index contributed by atoms with van der Waals surface area (Å²) in [6, 6.07) is 7.19. The van der Waals surface area contributed by atoms with Crippen LogP contribution in [0.25, 0.3) is 4.85 Å². The third-order valence-corrected chi connectivity index (χ3v) is 3.80. The fourth-order valence-corrected chi connectivity index (χ4v) is 2.49. The first-order valence-corrected chi connectivity index (χ1v) is 6.97. The molecule has 4 nitrogen and oxygen atoms in total. The molecule has 110 valence electrons. The van der Waals surface area contributed by atoms with Crippen LogP contribution in [0.5, 0.6) is 11.5 Å². The van der Waals surface area contributed by atoms with Crippen LogP contribution in [0.3, 0.4) is 0 Å². The molecule has 1 aliphatic rings. The van der Waals surface area contributed by atoms with Gasteiger partial charge in [0.15, 0.2) is 5.69 Å². The van der Waals surface area contributed by atoms with E-state index in [1.807, 2.05) is 26.8 Å². The van der Waals surface area contributed by atoms with Gasteiger partial charge in [0.25, 0.3) is 0 Å². The van der Waals surface area contributed by atoms with Crippen molar-refractivity contribution in [2.45, 2.75) is 27.4 Å². The second kappa shape index (κ2) is 5.49. The topological polar surface area (TPSA) is 43.0 Å². The number of fused-ring (bicyclic) bond motifs is 1. The second-order valence-corrected chi connectivity index (χ2v) is 5.47.